The number of hydrogen-bond donors (Lipinski definition) is 2. The zero-order valence-electron chi connectivity index (χ0n) is 14.2. The summed E-state index contributed by atoms with van der Waals surface area (Å²) in [4.78, 5) is 17.5. The molecule has 0 atom stereocenters. The first-order valence-electron chi connectivity index (χ1n) is 7.81. The number of thiazole rings is 1. The number of carbonyl (C=O) groups excluding carboxylic acids is 1. The topological polar surface area (TPSA) is 54.0 Å². The van der Waals surface area contributed by atoms with Gasteiger partial charge in [0, 0.05) is 11.4 Å². The van der Waals surface area contributed by atoms with Crippen LogP contribution >= 0.6 is 11.3 Å². The molecule has 0 unspecified atom stereocenters. The smallest absolute Gasteiger partial charge is 0.267 e. The minimum atomic E-state index is -0.297. The molecule has 3 aromatic rings. The lowest BCUT2D eigenvalue weighted by atomic mass is 10.1. The number of amides is 1. The molecule has 0 bridgehead atoms. The number of hydrogen-bond acceptors (Lipinski definition) is 4. The summed E-state index contributed by atoms with van der Waals surface area (Å²) in [5.41, 5.74) is 4.26. The van der Waals surface area contributed by atoms with Crippen molar-refractivity contribution in [1.82, 2.24) is 4.98 Å². The lowest BCUT2D eigenvalue weighted by molar-refractivity contribution is 0.102. The molecular formula is C19H18FN3OS. The molecule has 1 heterocycles. The fourth-order valence-corrected chi connectivity index (χ4v) is 3.25. The van der Waals surface area contributed by atoms with Crippen LogP contribution < -0.4 is 10.6 Å². The second-order valence-corrected chi connectivity index (χ2v) is 6.84. The summed E-state index contributed by atoms with van der Waals surface area (Å²) in [6.45, 7) is 5.73. The summed E-state index contributed by atoms with van der Waals surface area (Å²) in [7, 11) is 0. The van der Waals surface area contributed by atoms with Gasteiger partial charge in [0.25, 0.3) is 5.91 Å². The van der Waals surface area contributed by atoms with E-state index in [2.05, 4.69) is 15.6 Å². The number of aromatic nitrogens is 1. The number of halogens is 1. The van der Waals surface area contributed by atoms with Gasteiger partial charge in [0.2, 0.25) is 0 Å². The third-order valence-electron chi connectivity index (χ3n) is 3.74. The van der Waals surface area contributed by atoms with Crippen molar-refractivity contribution in [3.8, 4) is 0 Å². The van der Waals surface area contributed by atoms with Crippen molar-refractivity contribution in [2.45, 2.75) is 20.8 Å². The lowest BCUT2D eigenvalue weighted by Gasteiger charge is -2.08. The molecule has 0 radical (unpaired) electrons. The van der Waals surface area contributed by atoms with Crippen molar-refractivity contribution < 1.29 is 9.18 Å². The summed E-state index contributed by atoms with van der Waals surface area (Å²) in [6, 6.07) is 11.9. The van der Waals surface area contributed by atoms with Gasteiger partial charge in [-0.05, 0) is 62.2 Å². The summed E-state index contributed by atoms with van der Waals surface area (Å²) in [5.74, 6) is -0.481. The molecule has 128 valence electrons. The fourth-order valence-electron chi connectivity index (χ4n) is 2.37. The van der Waals surface area contributed by atoms with E-state index in [9.17, 15) is 9.18 Å². The van der Waals surface area contributed by atoms with E-state index in [4.69, 9.17) is 0 Å². The molecule has 0 aliphatic carbocycles. The Labute approximate surface area is 149 Å². The zero-order chi connectivity index (χ0) is 18.0. The number of carbonyl (C=O) groups is 1. The van der Waals surface area contributed by atoms with Crippen molar-refractivity contribution >= 4 is 33.8 Å². The molecule has 2 N–H and O–H groups in total. The third-order valence-corrected chi connectivity index (χ3v) is 4.81. The number of rotatable bonds is 4. The first kappa shape index (κ1) is 17.1. The van der Waals surface area contributed by atoms with Crippen LogP contribution in [-0.2, 0) is 0 Å². The Morgan fingerprint density at radius 3 is 2.52 bits per heavy atom. The van der Waals surface area contributed by atoms with Gasteiger partial charge in [0.05, 0.1) is 5.69 Å². The Balaban J connectivity index is 1.78. The van der Waals surface area contributed by atoms with Crippen molar-refractivity contribution in [2.24, 2.45) is 0 Å². The second kappa shape index (κ2) is 7.03. The highest BCUT2D eigenvalue weighted by atomic mass is 32.1. The number of nitrogens with zero attached hydrogens (tertiary/aromatic N) is 1. The molecule has 0 aliphatic heterocycles. The third kappa shape index (κ3) is 4.03. The molecule has 0 aliphatic rings. The molecule has 2 aromatic carbocycles. The van der Waals surface area contributed by atoms with Gasteiger partial charge in [-0.1, -0.05) is 23.5 Å². The van der Waals surface area contributed by atoms with Gasteiger partial charge in [-0.25, -0.2) is 9.37 Å². The number of benzene rings is 2. The zero-order valence-corrected chi connectivity index (χ0v) is 15.0. The van der Waals surface area contributed by atoms with E-state index in [1.54, 1.807) is 19.1 Å². The summed E-state index contributed by atoms with van der Waals surface area (Å²) < 4.78 is 13.0. The molecule has 0 fully saturated rings. The van der Waals surface area contributed by atoms with E-state index >= 15 is 0 Å². The maximum Gasteiger partial charge on any atom is 0.267 e. The van der Waals surface area contributed by atoms with E-state index in [0.717, 1.165) is 22.5 Å². The molecule has 0 saturated carbocycles. The van der Waals surface area contributed by atoms with Crippen LogP contribution in [0.25, 0.3) is 0 Å². The summed E-state index contributed by atoms with van der Waals surface area (Å²) in [6.07, 6.45) is 0. The van der Waals surface area contributed by atoms with Crippen LogP contribution in [0.4, 0.5) is 20.9 Å². The average molecular weight is 355 g/mol. The van der Waals surface area contributed by atoms with E-state index < -0.39 is 0 Å². The van der Waals surface area contributed by atoms with E-state index in [1.807, 2.05) is 32.0 Å². The largest absolute Gasteiger partial charge is 0.332 e. The Hall–Kier alpha value is -2.73. The first-order chi connectivity index (χ1) is 11.9. The maximum absolute atomic E-state index is 13.0. The quantitative estimate of drug-likeness (QED) is 0.676. The Kier molecular flexibility index (Phi) is 4.81. The second-order valence-electron chi connectivity index (χ2n) is 5.84. The van der Waals surface area contributed by atoms with Gasteiger partial charge in [-0.2, -0.15) is 0 Å². The van der Waals surface area contributed by atoms with Crippen molar-refractivity contribution in [1.29, 1.82) is 0 Å². The molecular weight excluding hydrogens is 337 g/mol. The molecule has 1 amide bonds. The first-order valence-corrected chi connectivity index (χ1v) is 8.62. The Bertz CT molecular complexity index is 919. The molecule has 0 saturated heterocycles. The van der Waals surface area contributed by atoms with E-state index in [1.165, 1.54) is 23.5 Å². The predicted octanol–water partition coefficient (Wildman–Crippen LogP) is 5.20. The number of aryl methyl sites for hydroxylation is 3. The van der Waals surface area contributed by atoms with Gasteiger partial charge >= 0.3 is 0 Å². The molecule has 3 rings (SSSR count). The highest BCUT2D eigenvalue weighted by molar-refractivity contribution is 7.17. The number of anilines is 3. The number of nitrogens with one attached hydrogen (secondary N) is 2. The molecule has 4 nitrogen and oxygen atoms in total. The molecule has 0 spiro atoms. The van der Waals surface area contributed by atoms with Crippen molar-refractivity contribution in [3.63, 3.8) is 0 Å². The van der Waals surface area contributed by atoms with Gasteiger partial charge in [-0.3, -0.25) is 4.79 Å². The van der Waals surface area contributed by atoms with Crippen LogP contribution in [0.5, 0.6) is 0 Å². The Morgan fingerprint density at radius 2 is 1.80 bits per heavy atom. The summed E-state index contributed by atoms with van der Waals surface area (Å²) in [5, 5.41) is 6.63. The molecule has 6 heteroatoms. The highest BCUT2D eigenvalue weighted by Crippen LogP contribution is 2.27. The lowest BCUT2D eigenvalue weighted by Crippen LogP contribution is -2.12. The van der Waals surface area contributed by atoms with Gasteiger partial charge in [0.1, 0.15) is 10.7 Å². The minimum absolute atomic E-state index is 0.184. The monoisotopic (exact) mass is 355 g/mol. The normalized spacial score (nSPS) is 10.6. The van der Waals surface area contributed by atoms with Crippen LogP contribution in [0.15, 0.2) is 42.5 Å². The SMILES string of the molecule is Cc1ccc(C)c(NC(=O)c2sc(Nc3ccc(F)cc3)nc2C)c1. The van der Waals surface area contributed by atoms with Crippen LogP contribution in [0.3, 0.4) is 0 Å². The Morgan fingerprint density at radius 1 is 1.08 bits per heavy atom. The van der Waals surface area contributed by atoms with E-state index in [-0.39, 0.29) is 11.7 Å². The van der Waals surface area contributed by atoms with Crippen LogP contribution in [0.1, 0.15) is 26.5 Å². The fraction of sp³-hybridized carbons (Fsp3) is 0.158. The van der Waals surface area contributed by atoms with Gasteiger partial charge in [-0.15, -0.1) is 0 Å². The van der Waals surface area contributed by atoms with Gasteiger partial charge < -0.3 is 10.6 Å². The van der Waals surface area contributed by atoms with Gasteiger partial charge in [0.15, 0.2) is 5.13 Å². The molecule has 1 aromatic heterocycles. The minimum Gasteiger partial charge on any atom is -0.332 e. The van der Waals surface area contributed by atoms with Crippen molar-refractivity contribution in [3.05, 3.63) is 70.0 Å². The standard InChI is InChI=1S/C19H18FN3OS/c1-11-4-5-12(2)16(10-11)23-18(24)17-13(3)21-19(25-17)22-15-8-6-14(20)7-9-15/h4-10H,1-3H3,(H,21,22)(H,23,24). The van der Waals surface area contributed by atoms with Crippen LogP contribution in [0, 0.1) is 26.6 Å². The van der Waals surface area contributed by atoms with Crippen LogP contribution in [0.2, 0.25) is 0 Å². The maximum atomic E-state index is 13.0. The average Bonchev–Trinajstić information content (AvgIpc) is 2.93. The van der Waals surface area contributed by atoms with Crippen molar-refractivity contribution in [2.75, 3.05) is 10.6 Å². The highest BCUT2D eigenvalue weighted by Gasteiger charge is 2.16. The summed E-state index contributed by atoms with van der Waals surface area (Å²) >= 11 is 1.27. The van der Waals surface area contributed by atoms with E-state index in [0.29, 0.717) is 15.7 Å². The molecule has 25 heavy (non-hydrogen) atoms. The van der Waals surface area contributed by atoms with Crippen LogP contribution in [-0.4, -0.2) is 10.9 Å². The predicted molar refractivity (Wildman–Crippen MR) is 100 cm³/mol.